The molecule has 1 amide bonds. The summed E-state index contributed by atoms with van der Waals surface area (Å²) in [5, 5.41) is 3.85. The SMILES string of the molecule is CCc1cnc(CNC(=O)CCC(N)c2ccccc2)s1. The van der Waals surface area contributed by atoms with Crippen molar-refractivity contribution in [3.05, 3.63) is 52.0 Å². The molecule has 2 aromatic rings. The van der Waals surface area contributed by atoms with Gasteiger partial charge in [-0.05, 0) is 18.4 Å². The van der Waals surface area contributed by atoms with Crippen LogP contribution in [0.3, 0.4) is 0 Å². The van der Waals surface area contributed by atoms with Crippen molar-refractivity contribution in [3.8, 4) is 0 Å². The third-order valence-electron chi connectivity index (χ3n) is 3.30. The molecule has 1 heterocycles. The molecule has 1 atom stereocenters. The summed E-state index contributed by atoms with van der Waals surface area (Å²) in [5.74, 6) is 0.0228. The van der Waals surface area contributed by atoms with Crippen molar-refractivity contribution in [2.24, 2.45) is 5.73 Å². The number of nitrogens with zero attached hydrogens (tertiary/aromatic N) is 1. The molecule has 0 spiro atoms. The van der Waals surface area contributed by atoms with Gasteiger partial charge in [0.15, 0.2) is 0 Å². The van der Waals surface area contributed by atoms with Crippen LogP contribution in [0.15, 0.2) is 36.5 Å². The van der Waals surface area contributed by atoms with E-state index < -0.39 is 0 Å². The Hall–Kier alpha value is -1.72. The van der Waals surface area contributed by atoms with Gasteiger partial charge in [-0.1, -0.05) is 37.3 Å². The van der Waals surface area contributed by atoms with Gasteiger partial charge in [0.1, 0.15) is 5.01 Å². The zero-order valence-electron chi connectivity index (χ0n) is 12.2. The first-order valence-corrected chi connectivity index (χ1v) is 8.01. The highest BCUT2D eigenvalue weighted by Gasteiger charge is 2.09. The van der Waals surface area contributed by atoms with Crippen molar-refractivity contribution in [1.29, 1.82) is 0 Å². The van der Waals surface area contributed by atoms with Crippen molar-refractivity contribution in [3.63, 3.8) is 0 Å². The van der Waals surface area contributed by atoms with E-state index in [1.807, 2.05) is 36.5 Å². The molecule has 2 rings (SSSR count). The lowest BCUT2D eigenvalue weighted by atomic mass is 10.0. The molecule has 112 valence electrons. The summed E-state index contributed by atoms with van der Waals surface area (Å²) in [6, 6.07) is 9.77. The highest BCUT2D eigenvalue weighted by Crippen LogP contribution is 2.15. The molecule has 0 saturated heterocycles. The average Bonchev–Trinajstić information content (AvgIpc) is 2.99. The standard InChI is InChI=1S/C16H21N3OS/c1-2-13-10-19-16(21-13)11-18-15(20)9-8-14(17)12-6-4-3-5-7-12/h3-7,10,14H,2,8-9,11,17H2,1H3,(H,18,20). The van der Waals surface area contributed by atoms with Gasteiger partial charge < -0.3 is 11.1 Å². The van der Waals surface area contributed by atoms with E-state index in [0.717, 1.165) is 17.0 Å². The second kappa shape index (κ2) is 7.90. The van der Waals surface area contributed by atoms with Gasteiger partial charge in [-0.15, -0.1) is 11.3 Å². The molecule has 3 N–H and O–H groups in total. The third kappa shape index (κ3) is 4.95. The van der Waals surface area contributed by atoms with Gasteiger partial charge >= 0.3 is 0 Å². The molecule has 0 bridgehead atoms. The van der Waals surface area contributed by atoms with Crippen molar-refractivity contribution in [2.75, 3.05) is 0 Å². The maximum absolute atomic E-state index is 11.8. The van der Waals surface area contributed by atoms with Gasteiger partial charge in [0.05, 0.1) is 6.54 Å². The number of aryl methyl sites for hydroxylation is 1. The van der Waals surface area contributed by atoms with Crippen LogP contribution in [0, 0.1) is 0 Å². The summed E-state index contributed by atoms with van der Waals surface area (Å²) in [4.78, 5) is 17.4. The van der Waals surface area contributed by atoms with Crippen molar-refractivity contribution in [1.82, 2.24) is 10.3 Å². The van der Waals surface area contributed by atoms with E-state index in [2.05, 4.69) is 17.2 Å². The van der Waals surface area contributed by atoms with Gasteiger partial charge in [-0.25, -0.2) is 4.98 Å². The maximum Gasteiger partial charge on any atom is 0.220 e. The lowest BCUT2D eigenvalue weighted by molar-refractivity contribution is -0.121. The fourth-order valence-corrected chi connectivity index (χ4v) is 2.81. The smallest absolute Gasteiger partial charge is 0.220 e. The number of aromatic nitrogens is 1. The quantitative estimate of drug-likeness (QED) is 0.826. The van der Waals surface area contributed by atoms with Gasteiger partial charge in [-0.3, -0.25) is 4.79 Å². The zero-order chi connectivity index (χ0) is 15.1. The Morgan fingerprint density at radius 2 is 2.14 bits per heavy atom. The largest absolute Gasteiger partial charge is 0.350 e. The minimum Gasteiger partial charge on any atom is -0.350 e. The van der Waals surface area contributed by atoms with E-state index in [9.17, 15) is 4.79 Å². The van der Waals surface area contributed by atoms with Crippen LogP contribution in [0.2, 0.25) is 0 Å². The van der Waals surface area contributed by atoms with Gasteiger partial charge in [-0.2, -0.15) is 0 Å². The monoisotopic (exact) mass is 303 g/mol. The predicted octanol–water partition coefficient (Wildman–Crippen LogP) is 2.80. The molecule has 0 aliphatic heterocycles. The molecule has 0 aliphatic carbocycles. The highest BCUT2D eigenvalue weighted by atomic mass is 32.1. The van der Waals surface area contributed by atoms with Crippen LogP contribution in [0.25, 0.3) is 0 Å². The molecule has 0 saturated carbocycles. The fourth-order valence-electron chi connectivity index (χ4n) is 2.01. The number of thiazole rings is 1. The van der Waals surface area contributed by atoms with Gasteiger partial charge in [0.25, 0.3) is 0 Å². The van der Waals surface area contributed by atoms with Crippen LogP contribution in [-0.2, 0) is 17.8 Å². The first-order valence-electron chi connectivity index (χ1n) is 7.20. The summed E-state index contributed by atoms with van der Waals surface area (Å²) in [6.45, 7) is 2.60. The van der Waals surface area contributed by atoms with Crippen LogP contribution >= 0.6 is 11.3 Å². The van der Waals surface area contributed by atoms with E-state index in [1.165, 1.54) is 4.88 Å². The third-order valence-corrected chi connectivity index (χ3v) is 4.44. The van der Waals surface area contributed by atoms with Gasteiger partial charge in [0.2, 0.25) is 5.91 Å². The number of carbonyl (C=O) groups is 1. The van der Waals surface area contributed by atoms with Crippen LogP contribution in [0.5, 0.6) is 0 Å². The summed E-state index contributed by atoms with van der Waals surface area (Å²) in [5.41, 5.74) is 7.15. The van der Waals surface area contributed by atoms with Crippen LogP contribution in [0.4, 0.5) is 0 Å². The Morgan fingerprint density at radius 1 is 1.38 bits per heavy atom. The Bertz CT molecular complexity index is 568. The minimum absolute atomic E-state index is 0.0228. The Morgan fingerprint density at radius 3 is 2.81 bits per heavy atom. The van der Waals surface area contributed by atoms with Crippen molar-refractivity contribution < 1.29 is 4.79 Å². The highest BCUT2D eigenvalue weighted by molar-refractivity contribution is 7.11. The lowest BCUT2D eigenvalue weighted by Crippen LogP contribution is -2.24. The number of carbonyl (C=O) groups excluding carboxylic acids is 1. The van der Waals surface area contributed by atoms with Crippen LogP contribution in [-0.4, -0.2) is 10.9 Å². The second-order valence-corrected chi connectivity index (χ2v) is 6.11. The maximum atomic E-state index is 11.8. The number of nitrogens with two attached hydrogens (primary N) is 1. The molecule has 1 aromatic carbocycles. The first-order chi connectivity index (χ1) is 10.2. The summed E-state index contributed by atoms with van der Waals surface area (Å²) >= 11 is 1.65. The Balaban J connectivity index is 1.72. The first kappa shape index (κ1) is 15.7. The minimum atomic E-state index is -0.0940. The van der Waals surface area contributed by atoms with Crippen molar-refractivity contribution in [2.45, 2.75) is 38.8 Å². The number of benzene rings is 1. The lowest BCUT2D eigenvalue weighted by Gasteiger charge is -2.11. The Kier molecular flexibility index (Phi) is 5.90. The number of rotatable bonds is 7. The van der Waals surface area contributed by atoms with Crippen LogP contribution in [0.1, 0.15) is 41.3 Å². The molecule has 21 heavy (non-hydrogen) atoms. The molecule has 0 aliphatic rings. The van der Waals surface area contributed by atoms with E-state index in [0.29, 0.717) is 19.4 Å². The predicted molar refractivity (Wildman–Crippen MR) is 85.9 cm³/mol. The number of nitrogens with one attached hydrogen (secondary N) is 1. The normalized spacial score (nSPS) is 12.1. The van der Waals surface area contributed by atoms with Crippen molar-refractivity contribution >= 4 is 17.2 Å². The van der Waals surface area contributed by atoms with E-state index in [1.54, 1.807) is 11.3 Å². The molecular weight excluding hydrogens is 282 g/mol. The zero-order valence-corrected chi connectivity index (χ0v) is 13.0. The molecular formula is C16H21N3OS. The molecule has 1 aromatic heterocycles. The van der Waals surface area contributed by atoms with Gasteiger partial charge in [0, 0.05) is 23.5 Å². The number of hydrogen-bond acceptors (Lipinski definition) is 4. The van der Waals surface area contributed by atoms with E-state index >= 15 is 0 Å². The summed E-state index contributed by atoms with van der Waals surface area (Å²) in [6.07, 6.45) is 3.94. The van der Waals surface area contributed by atoms with Crippen LogP contribution < -0.4 is 11.1 Å². The summed E-state index contributed by atoms with van der Waals surface area (Å²) < 4.78 is 0. The summed E-state index contributed by atoms with van der Waals surface area (Å²) in [7, 11) is 0. The number of hydrogen-bond donors (Lipinski definition) is 2. The second-order valence-electron chi connectivity index (χ2n) is 4.91. The average molecular weight is 303 g/mol. The topological polar surface area (TPSA) is 68.0 Å². The molecule has 0 fully saturated rings. The fraction of sp³-hybridized carbons (Fsp3) is 0.375. The number of amides is 1. The van der Waals surface area contributed by atoms with E-state index in [4.69, 9.17) is 5.73 Å². The molecule has 5 heteroatoms. The van der Waals surface area contributed by atoms with E-state index in [-0.39, 0.29) is 11.9 Å². The molecule has 0 radical (unpaired) electrons. The molecule has 4 nitrogen and oxygen atoms in total. The Labute approximate surface area is 129 Å². The molecule has 1 unspecified atom stereocenters.